The molecule has 1 atom stereocenters. The molecule has 0 radical (unpaired) electrons. The summed E-state index contributed by atoms with van der Waals surface area (Å²) in [4.78, 5) is 38.0. The molecule has 0 rings (SSSR count). The number of rotatable bonds is 47. The molecule has 0 N–H and O–H groups in total. The lowest BCUT2D eigenvalue weighted by atomic mass is 10.1. The predicted molar refractivity (Wildman–Crippen MR) is 270 cm³/mol. The molecule has 0 amide bonds. The molecule has 0 aromatic heterocycles. The predicted octanol–water partition coefficient (Wildman–Crippen LogP) is 17.4. The van der Waals surface area contributed by atoms with Crippen LogP contribution < -0.4 is 0 Å². The molecule has 63 heavy (non-hydrogen) atoms. The van der Waals surface area contributed by atoms with Crippen molar-refractivity contribution in [2.45, 2.75) is 258 Å². The second-order valence-electron chi connectivity index (χ2n) is 17.5. The first kappa shape index (κ1) is 59.9. The van der Waals surface area contributed by atoms with Crippen LogP contribution in [-0.4, -0.2) is 37.2 Å². The summed E-state index contributed by atoms with van der Waals surface area (Å²) in [7, 11) is 0. The Morgan fingerprint density at radius 2 is 0.603 bits per heavy atom. The van der Waals surface area contributed by atoms with Gasteiger partial charge < -0.3 is 14.2 Å². The maximum Gasteiger partial charge on any atom is 0.306 e. The third-order valence-corrected chi connectivity index (χ3v) is 11.2. The number of esters is 3. The molecule has 6 heteroatoms. The van der Waals surface area contributed by atoms with E-state index in [-0.39, 0.29) is 31.1 Å². The standard InChI is InChI=1S/C57H98O6/c1-4-7-10-13-16-19-22-24-26-28-29-31-32-35-38-41-44-47-50-56(59)62-53-54(52-61-55(58)49-46-43-40-37-34-21-18-15-12-9-6-3)63-57(60)51-48-45-42-39-36-33-30-27-25-23-20-17-14-11-8-5-2/h15-16,18-19,22,24,26-31,54H,4-14,17,20-21,23,25,32-53H2,1-3H3/b18-15-,19-16-,24-22-,28-26-,30-27-,31-29-. The van der Waals surface area contributed by atoms with Crippen LogP contribution in [0, 0.1) is 0 Å². The van der Waals surface area contributed by atoms with Crippen LogP contribution in [0.1, 0.15) is 252 Å². The van der Waals surface area contributed by atoms with Gasteiger partial charge in [-0.15, -0.1) is 0 Å². The smallest absolute Gasteiger partial charge is 0.306 e. The summed E-state index contributed by atoms with van der Waals surface area (Å²) < 4.78 is 16.8. The zero-order valence-corrected chi connectivity index (χ0v) is 41.3. The molecule has 0 aliphatic rings. The van der Waals surface area contributed by atoms with E-state index in [1.54, 1.807) is 0 Å². The maximum atomic E-state index is 12.8. The summed E-state index contributed by atoms with van der Waals surface area (Å²) in [6.45, 7) is 6.53. The van der Waals surface area contributed by atoms with Crippen LogP contribution in [0.4, 0.5) is 0 Å². The van der Waals surface area contributed by atoms with Gasteiger partial charge in [0.05, 0.1) is 0 Å². The summed E-state index contributed by atoms with van der Waals surface area (Å²) in [6, 6.07) is 0. The molecule has 0 heterocycles. The van der Waals surface area contributed by atoms with Crippen molar-refractivity contribution >= 4 is 17.9 Å². The first-order chi connectivity index (χ1) is 31.0. The molecule has 0 aliphatic heterocycles. The molecule has 0 aromatic carbocycles. The van der Waals surface area contributed by atoms with Gasteiger partial charge in [0.2, 0.25) is 0 Å². The van der Waals surface area contributed by atoms with Gasteiger partial charge in [0, 0.05) is 19.3 Å². The molecule has 0 aliphatic carbocycles. The molecular weight excluding hydrogens is 781 g/mol. The Morgan fingerprint density at radius 1 is 0.317 bits per heavy atom. The summed E-state index contributed by atoms with van der Waals surface area (Å²) >= 11 is 0. The van der Waals surface area contributed by atoms with Gasteiger partial charge in [0.1, 0.15) is 13.2 Å². The van der Waals surface area contributed by atoms with E-state index in [0.29, 0.717) is 19.3 Å². The van der Waals surface area contributed by atoms with Crippen molar-refractivity contribution in [2.24, 2.45) is 0 Å². The Bertz CT molecular complexity index is 1190. The molecule has 1 unspecified atom stereocenters. The van der Waals surface area contributed by atoms with Crippen LogP contribution in [0.15, 0.2) is 72.9 Å². The Balaban J connectivity index is 4.43. The number of carbonyl (C=O) groups is 3. The van der Waals surface area contributed by atoms with Gasteiger partial charge in [-0.1, -0.05) is 216 Å². The third kappa shape index (κ3) is 49.7. The second kappa shape index (κ2) is 51.5. The number of hydrogen-bond acceptors (Lipinski definition) is 6. The minimum Gasteiger partial charge on any atom is -0.462 e. The average molecular weight is 879 g/mol. The molecule has 0 bridgehead atoms. The maximum absolute atomic E-state index is 12.8. The molecule has 0 spiro atoms. The van der Waals surface area contributed by atoms with Gasteiger partial charge in [-0.25, -0.2) is 0 Å². The monoisotopic (exact) mass is 879 g/mol. The highest BCUT2D eigenvalue weighted by Crippen LogP contribution is 2.14. The van der Waals surface area contributed by atoms with Crippen LogP contribution in [0.3, 0.4) is 0 Å². The lowest BCUT2D eigenvalue weighted by Gasteiger charge is -2.18. The molecule has 0 saturated heterocycles. The van der Waals surface area contributed by atoms with E-state index in [0.717, 1.165) is 103 Å². The molecule has 0 aromatic rings. The Hall–Kier alpha value is -3.15. The van der Waals surface area contributed by atoms with Gasteiger partial charge in [-0.05, 0) is 89.9 Å². The highest BCUT2D eigenvalue weighted by molar-refractivity contribution is 5.71. The van der Waals surface area contributed by atoms with Gasteiger partial charge >= 0.3 is 17.9 Å². The summed E-state index contributed by atoms with van der Waals surface area (Å²) in [5.74, 6) is -0.930. The summed E-state index contributed by atoms with van der Waals surface area (Å²) in [5, 5.41) is 0. The van der Waals surface area contributed by atoms with Gasteiger partial charge in [0.25, 0.3) is 0 Å². The number of hydrogen-bond donors (Lipinski definition) is 0. The summed E-state index contributed by atoms with van der Waals surface area (Å²) in [5.41, 5.74) is 0. The van der Waals surface area contributed by atoms with Crippen molar-refractivity contribution < 1.29 is 28.6 Å². The van der Waals surface area contributed by atoms with Gasteiger partial charge in [-0.3, -0.25) is 14.4 Å². The van der Waals surface area contributed by atoms with Crippen molar-refractivity contribution in [1.29, 1.82) is 0 Å². The van der Waals surface area contributed by atoms with Crippen LogP contribution >= 0.6 is 0 Å². The van der Waals surface area contributed by atoms with E-state index in [1.807, 2.05) is 0 Å². The van der Waals surface area contributed by atoms with Crippen LogP contribution in [0.25, 0.3) is 0 Å². The fraction of sp³-hybridized carbons (Fsp3) is 0.737. The molecule has 0 fully saturated rings. The van der Waals surface area contributed by atoms with Crippen molar-refractivity contribution in [1.82, 2.24) is 0 Å². The van der Waals surface area contributed by atoms with Crippen LogP contribution in [-0.2, 0) is 28.6 Å². The van der Waals surface area contributed by atoms with Crippen molar-refractivity contribution in [2.75, 3.05) is 13.2 Å². The van der Waals surface area contributed by atoms with Crippen molar-refractivity contribution in [3.63, 3.8) is 0 Å². The van der Waals surface area contributed by atoms with E-state index in [1.165, 1.54) is 109 Å². The number of carbonyl (C=O) groups excluding carboxylic acids is 3. The number of unbranched alkanes of at least 4 members (excludes halogenated alkanes) is 27. The highest BCUT2D eigenvalue weighted by Gasteiger charge is 2.19. The normalized spacial score (nSPS) is 12.6. The second-order valence-corrected chi connectivity index (χ2v) is 17.5. The Morgan fingerprint density at radius 3 is 1.02 bits per heavy atom. The molecule has 362 valence electrons. The Kier molecular flexibility index (Phi) is 48.9. The highest BCUT2D eigenvalue weighted by atomic mass is 16.6. The summed E-state index contributed by atoms with van der Waals surface area (Å²) in [6.07, 6.45) is 64.5. The Labute approximate surface area is 389 Å². The van der Waals surface area contributed by atoms with E-state index < -0.39 is 6.10 Å². The largest absolute Gasteiger partial charge is 0.462 e. The fourth-order valence-corrected chi connectivity index (χ4v) is 7.19. The van der Waals surface area contributed by atoms with Crippen LogP contribution in [0.2, 0.25) is 0 Å². The zero-order chi connectivity index (χ0) is 45.8. The number of ether oxygens (including phenoxy) is 3. The number of allylic oxidation sites excluding steroid dienone is 12. The quantitative estimate of drug-likeness (QED) is 0.0199. The lowest BCUT2D eigenvalue weighted by molar-refractivity contribution is -0.167. The first-order valence-electron chi connectivity index (χ1n) is 26.5. The van der Waals surface area contributed by atoms with Crippen LogP contribution in [0.5, 0.6) is 0 Å². The third-order valence-electron chi connectivity index (χ3n) is 11.2. The van der Waals surface area contributed by atoms with E-state index >= 15 is 0 Å². The topological polar surface area (TPSA) is 78.9 Å². The minimum absolute atomic E-state index is 0.0911. The minimum atomic E-state index is -0.792. The molecular formula is C57H98O6. The lowest BCUT2D eigenvalue weighted by Crippen LogP contribution is -2.30. The SMILES string of the molecule is CCCC/C=C\CCCCCCCC(=O)OCC(COC(=O)CCCCCCC\C=C/C=C\C=C/C=C\CCCCC)OC(=O)CCCCCCC/C=C\CCCCCCCCC. The average Bonchev–Trinajstić information content (AvgIpc) is 3.28. The molecule has 6 nitrogen and oxygen atoms in total. The van der Waals surface area contributed by atoms with Crippen molar-refractivity contribution in [3.8, 4) is 0 Å². The van der Waals surface area contributed by atoms with E-state index in [4.69, 9.17) is 14.2 Å². The van der Waals surface area contributed by atoms with E-state index in [2.05, 4.69) is 93.7 Å². The van der Waals surface area contributed by atoms with Gasteiger partial charge in [-0.2, -0.15) is 0 Å². The zero-order valence-electron chi connectivity index (χ0n) is 41.3. The fourth-order valence-electron chi connectivity index (χ4n) is 7.19. The van der Waals surface area contributed by atoms with E-state index in [9.17, 15) is 14.4 Å². The first-order valence-corrected chi connectivity index (χ1v) is 26.5. The molecule has 0 saturated carbocycles. The van der Waals surface area contributed by atoms with Gasteiger partial charge in [0.15, 0.2) is 6.10 Å². The van der Waals surface area contributed by atoms with Crippen molar-refractivity contribution in [3.05, 3.63) is 72.9 Å².